The molecule has 2 aromatic heterocycles. The first-order valence-electron chi connectivity index (χ1n) is 28.0. The van der Waals surface area contributed by atoms with Crippen LogP contribution in [-0.2, 0) is 36.3 Å². The third kappa shape index (κ3) is 19.0. The molecular weight excluding hydrogens is 1090 g/mol. The Morgan fingerprint density at radius 3 is 1.61 bits per heavy atom. The molecule has 0 fully saturated rings. The van der Waals surface area contributed by atoms with Crippen LogP contribution >= 0.6 is 11.8 Å². The number of fused-ring (bicyclic) bond motifs is 2. The SMILES string of the molecule is CCCCCCCCCCCCS(=O)(=O)CCCc1nnc2n1N=C(C)C2=Nc1ccc(N(CC)CCNS(C)(=O)=O)cc1C.CCSc1nnc2n1N=C(c1ccccc1)C2=Nc1ccc(N(CC)CCNS(C)(=O)=O)cc1C. The molecule has 0 saturated heterocycles. The van der Waals surface area contributed by atoms with Gasteiger partial charge in [-0.2, -0.15) is 19.6 Å². The van der Waals surface area contributed by atoms with Crippen LogP contribution in [0.15, 0.2) is 92.1 Å². The van der Waals surface area contributed by atoms with Crippen LogP contribution in [0.1, 0.15) is 139 Å². The number of hydrogen-bond acceptors (Lipinski definition) is 17. The van der Waals surface area contributed by atoms with Crippen molar-refractivity contribution < 1.29 is 25.3 Å². The summed E-state index contributed by atoms with van der Waals surface area (Å²) < 4.78 is 79.4. The standard InChI is InChI=1S/C32H53N7O4S2.C24H29N7O2S2/c1-6-8-9-10-11-12-13-14-15-16-23-45(42,43)24-17-18-30-35-36-32-31(27(4)37-39(30)32)34-29-20-19-28(25-26(29)3)38(7-2)22-21-33-44(5,40)41;1-5-30(15-14-25-35(4,32)33)19-12-13-20(17(3)16-19)26-22-21(18-10-8-7-9-11-18)29-31-23(22)27-28-24(31)34-6-2/h19-20,25,33H,6-18,21-24H2,1-5H3;7-13,16,25H,5-6,14-15H2,1-4H3. The molecule has 0 bridgehead atoms. The lowest BCUT2D eigenvalue weighted by molar-refractivity contribution is 0.557. The third-order valence-corrected chi connectivity index (χ3v) is 17.6. The van der Waals surface area contributed by atoms with Crippen molar-refractivity contribution in [3.05, 3.63) is 101 Å². The van der Waals surface area contributed by atoms with Crippen LogP contribution in [0.2, 0.25) is 0 Å². The number of hydrogen-bond donors (Lipinski definition) is 2. The van der Waals surface area contributed by atoms with Crippen molar-refractivity contribution in [1.29, 1.82) is 0 Å². The first-order valence-corrected chi connectivity index (χ1v) is 34.6. The topological polar surface area (TPSA) is 244 Å². The van der Waals surface area contributed by atoms with E-state index in [1.54, 1.807) is 21.1 Å². The van der Waals surface area contributed by atoms with Crippen molar-refractivity contribution in [2.75, 3.05) is 78.8 Å². The number of benzene rings is 3. The molecule has 7 rings (SSSR count). The predicted octanol–water partition coefficient (Wildman–Crippen LogP) is 9.05. The summed E-state index contributed by atoms with van der Waals surface area (Å²) in [7, 11) is -9.55. The zero-order chi connectivity index (χ0) is 57.9. The smallest absolute Gasteiger partial charge is 0.212 e. The molecule has 436 valence electrons. The first kappa shape index (κ1) is 63.5. The molecule has 24 heteroatoms. The average Bonchev–Trinajstić information content (AvgIpc) is 4.37. The maximum absolute atomic E-state index is 12.6. The molecule has 2 N–H and O–H groups in total. The normalized spacial score (nSPS) is 14.3. The lowest BCUT2D eigenvalue weighted by Gasteiger charge is -2.24. The van der Waals surface area contributed by atoms with Crippen LogP contribution in [-0.4, -0.2) is 147 Å². The van der Waals surface area contributed by atoms with Gasteiger partial charge in [-0.1, -0.05) is 114 Å². The number of likely N-dealkylation sites (N-methyl/N-ethyl adjacent to an activating group) is 2. The molecule has 0 atom stereocenters. The lowest BCUT2D eigenvalue weighted by atomic mass is 10.1. The summed E-state index contributed by atoms with van der Waals surface area (Å²) in [5.74, 6) is 3.08. The van der Waals surface area contributed by atoms with Crippen molar-refractivity contribution in [2.45, 2.75) is 131 Å². The van der Waals surface area contributed by atoms with Crippen molar-refractivity contribution >= 4 is 87.2 Å². The fourth-order valence-electron chi connectivity index (χ4n) is 9.28. The highest BCUT2D eigenvalue weighted by molar-refractivity contribution is 7.99. The van der Waals surface area contributed by atoms with Gasteiger partial charge in [-0.3, -0.25) is 0 Å². The van der Waals surface area contributed by atoms with Crippen LogP contribution in [0.3, 0.4) is 0 Å². The summed E-state index contributed by atoms with van der Waals surface area (Å²) in [4.78, 5) is 14.1. The number of aryl methyl sites for hydroxylation is 3. The molecule has 0 aliphatic carbocycles. The van der Waals surface area contributed by atoms with Crippen LogP contribution < -0.4 is 19.2 Å². The highest BCUT2D eigenvalue weighted by Crippen LogP contribution is 2.30. The molecule has 0 radical (unpaired) electrons. The maximum Gasteiger partial charge on any atom is 0.212 e. The molecule has 5 aromatic rings. The number of nitrogens with one attached hydrogen (secondary N) is 2. The Bertz CT molecular complexity index is 3320. The number of sulfone groups is 1. The fraction of sp³-hybridized carbons (Fsp3) is 0.536. The Morgan fingerprint density at radius 1 is 0.575 bits per heavy atom. The van der Waals surface area contributed by atoms with E-state index in [-0.39, 0.29) is 11.5 Å². The molecule has 2 aliphatic heterocycles. The van der Waals surface area contributed by atoms with Crippen molar-refractivity contribution in [1.82, 2.24) is 39.2 Å². The zero-order valence-electron chi connectivity index (χ0n) is 48.1. The Hall–Kier alpha value is -5.66. The minimum Gasteiger partial charge on any atom is -0.370 e. The van der Waals surface area contributed by atoms with Gasteiger partial charge < -0.3 is 9.80 Å². The van der Waals surface area contributed by atoms with Gasteiger partial charge in [0.1, 0.15) is 27.0 Å². The summed E-state index contributed by atoms with van der Waals surface area (Å²) in [6, 6.07) is 22.0. The molecule has 3 aromatic carbocycles. The molecule has 20 nitrogen and oxygen atoms in total. The van der Waals surface area contributed by atoms with E-state index in [9.17, 15) is 25.3 Å². The second-order valence-electron chi connectivity index (χ2n) is 20.1. The molecule has 80 heavy (non-hydrogen) atoms. The largest absolute Gasteiger partial charge is 0.370 e. The van der Waals surface area contributed by atoms with Gasteiger partial charge in [-0.15, -0.1) is 20.4 Å². The molecule has 4 heterocycles. The number of unbranched alkanes of at least 4 members (excludes halogenated alkanes) is 9. The maximum atomic E-state index is 12.6. The average molecular weight is 1180 g/mol. The summed E-state index contributed by atoms with van der Waals surface area (Å²) in [6.07, 6.45) is 15.1. The number of rotatable bonds is 32. The Morgan fingerprint density at radius 2 is 1.09 bits per heavy atom. The van der Waals surface area contributed by atoms with Gasteiger partial charge in [0.05, 0.1) is 41.1 Å². The predicted molar refractivity (Wildman–Crippen MR) is 328 cm³/mol. The second-order valence-corrected chi connectivity index (χ2v) is 27.3. The van der Waals surface area contributed by atoms with E-state index in [1.807, 2.05) is 95.3 Å². The Labute approximate surface area is 479 Å². The van der Waals surface area contributed by atoms with E-state index in [0.717, 1.165) is 100 Å². The van der Waals surface area contributed by atoms with Crippen LogP contribution in [0.5, 0.6) is 0 Å². The van der Waals surface area contributed by atoms with Crippen molar-refractivity contribution in [2.24, 2.45) is 20.2 Å². The molecular formula is C56H82N14O6S4. The Kier molecular flexibility index (Phi) is 24.1. The number of thioether (sulfide) groups is 1. The molecule has 2 aliphatic rings. The fourth-order valence-corrected chi connectivity index (χ4v) is 12.2. The van der Waals surface area contributed by atoms with E-state index in [2.05, 4.69) is 64.7 Å². The third-order valence-electron chi connectivity index (χ3n) is 13.6. The lowest BCUT2D eigenvalue weighted by Crippen LogP contribution is -2.34. The summed E-state index contributed by atoms with van der Waals surface area (Å²) >= 11 is 1.59. The molecule has 0 amide bonds. The molecule has 0 spiro atoms. The quantitative estimate of drug-likeness (QED) is 0.0302. The zero-order valence-corrected chi connectivity index (χ0v) is 51.4. The highest BCUT2D eigenvalue weighted by Gasteiger charge is 2.30. The highest BCUT2D eigenvalue weighted by atomic mass is 32.2. The van der Waals surface area contributed by atoms with E-state index in [1.165, 1.54) is 51.2 Å². The van der Waals surface area contributed by atoms with Crippen molar-refractivity contribution in [3.8, 4) is 0 Å². The van der Waals surface area contributed by atoms with Gasteiger partial charge in [0.2, 0.25) is 36.9 Å². The van der Waals surface area contributed by atoms with Gasteiger partial charge in [0, 0.05) is 62.6 Å². The van der Waals surface area contributed by atoms with Gasteiger partial charge in [0.25, 0.3) is 0 Å². The van der Waals surface area contributed by atoms with E-state index < -0.39 is 29.9 Å². The monoisotopic (exact) mass is 1170 g/mol. The first-order chi connectivity index (χ1) is 38.2. The van der Waals surface area contributed by atoms with E-state index in [4.69, 9.17) is 15.1 Å². The van der Waals surface area contributed by atoms with Crippen LogP contribution in [0, 0.1) is 13.8 Å². The van der Waals surface area contributed by atoms with Gasteiger partial charge >= 0.3 is 0 Å². The summed E-state index contributed by atoms with van der Waals surface area (Å²) in [5.41, 5.74) is 9.34. The van der Waals surface area contributed by atoms with E-state index in [0.29, 0.717) is 67.9 Å². The number of anilines is 2. The van der Waals surface area contributed by atoms with Gasteiger partial charge in [-0.05, 0) is 101 Å². The second kappa shape index (κ2) is 30.4. The number of nitrogens with zero attached hydrogens (tertiary/aromatic N) is 12. The van der Waals surface area contributed by atoms with Gasteiger partial charge in [0.15, 0.2) is 5.82 Å². The minimum atomic E-state index is -3.23. The van der Waals surface area contributed by atoms with E-state index >= 15 is 0 Å². The van der Waals surface area contributed by atoms with Crippen molar-refractivity contribution in [3.63, 3.8) is 0 Å². The van der Waals surface area contributed by atoms with Gasteiger partial charge in [-0.25, -0.2) is 44.7 Å². The molecule has 0 unspecified atom stereocenters. The summed E-state index contributed by atoms with van der Waals surface area (Å²) in [6.45, 7) is 17.5. The minimum absolute atomic E-state index is 0.140. The number of aliphatic imine (C=N–C) groups is 2. The Balaban J connectivity index is 0.000000266. The van der Waals surface area contributed by atoms with Crippen LogP contribution in [0.25, 0.3) is 0 Å². The number of sulfonamides is 2. The van der Waals surface area contributed by atoms with Crippen LogP contribution in [0.4, 0.5) is 22.7 Å². The molecule has 0 saturated carbocycles. The number of aromatic nitrogens is 6. The summed E-state index contributed by atoms with van der Waals surface area (Å²) in [5, 5.41) is 27.5.